The standard InChI is InChI=1S/C19H16ClN5O3/c20-15-8-16-14(7-17(15)25(27)28)18(23-10-22-16)21-9-11-1-3-12(4-2-11)19(26)24-13-5-6-13/h1-4,7-8,10,13H,5-6,9H2,(H,24,26)(H,21,22,23). The summed E-state index contributed by atoms with van der Waals surface area (Å²) in [5.74, 6) is 0.410. The van der Waals surface area contributed by atoms with Crippen LogP contribution in [-0.4, -0.2) is 26.8 Å². The number of carbonyl (C=O) groups excluding carboxylic acids is 1. The highest BCUT2D eigenvalue weighted by atomic mass is 35.5. The number of nitro groups is 1. The number of aromatic nitrogens is 2. The minimum atomic E-state index is -0.538. The van der Waals surface area contributed by atoms with Gasteiger partial charge in [0.1, 0.15) is 17.2 Å². The quantitative estimate of drug-likeness (QED) is 0.484. The van der Waals surface area contributed by atoms with Crippen LogP contribution in [0.5, 0.6) is 0 Å². The van der Waals surface area contributed by atoms with Crippen LogP contribution in [0.2, 0.25) is 5.02 Å². The minimum Gasteiger partial charge on any atom is -0.365 e. The lowest BCUT2D eigenvalue weighted by molar-refractivity contribution is -0.384. The second-order valence-corrected chi connectivity index (χ2v) is 7.01. The summed E-state index contributed by atoms with van der Waals surface area (Å²) in [4.78, 5) is 30.9. The van der Waals surface area contributed by atoms with E-state index < -0.39 is 4.92 Å². The first-order valence-corrected chi connectivity index (χ1v) is 9.11. The molecule has 8 nitrogen and oxygen atoms in total. The molecule has 0 bridgehead atoms. The van der Waals surface area contributed by atoms with E-state index in [1.807, 2.05) is 12.1 Å². The molecule has 0 spiro atoms. The molecule has 9 heteroatoms. The fourth-order valence-corrected chi connectivity index (χ4v) is 3.03. The Kier molecular flexibility index (Phi) is 4.79. The van der Waals surface area contributed by atoms with Crippen molar-refractivity contribution in [3.05, 3.63) is 69.0 Å². The Balaban J connectivity index is 1.51. The maximum absolute atomic E-state index is 12.0. The summed E-state index contributed by atoms with van der Waals surface area (Å²) in [6.07, 6.45) is 3.46. The lowest BCUT2D eigenvalue weighted by Crippen LogP contribution is -2.25. The van der Waals surface area contributed by atoms with Crippen molar-refractivity contribution in [1.82, 2.24) is 15.3 Å². The molecular formula is C19H16ClN5O3. The van der Waals surface area contributed by atoms with Crippen LogP contribution in [0.25, 0.3) is 10.9 Å². The number of hydrogen-bond acceptors (Lipinski definition) is 6. The van der Waals surface area contributed by atoms with Crippen LogP contribution < -0.4 is 10.6 Å². The Hall–Kier alpha value is -3.26. The monoisotopic (exact) mass is 397 g/mol. The van der Waals surface area contributed by atoms with Gasteiger partial charge in [-0.05, 0) is 36.6 Å². The van der Waals surface area contributed by atoms with Gasteiger partial charge >= 0.3 is 0 Å². The van der Waals surface area contributed by atoms with E-state index in [1.165, 1.54) is 18.5 Å². The Morgan fingerprint density at radius 2 is 1.96 bits per heavy atom. The van der Waals surface area contributed by atoms with Gasteiger partial charge in [-0.15, -0.1) is 0 Å². The molecule has 0 atom stereocenters. The highest BCUT2D eigenvalue weighted by Gasteiger charge is 2.23. The molecule has 0 aliphatic heterocycles. The van der Waals surface area contributed by atoms with Crippen LogP contribution in [-0.2, 0) is 6.54 Å². The first kappa shape index (κ1) is 18.1. The number of amides is 1. The largest absolute Gasteiger partial charge is 0.365 e. The van der Waals surface area contributed by atoms with Gasteiger partial charge in [0.15, 0.2) is 0 Å². The predicted molar refractivity (Wildman–Crippen MR) is 105 cm³/mol. The van der Waals surface area contributed by atoms with Gasteiger partial charge in [-0.1, -0.05) is 23.7 Å². The highest BCUT2D eigenvalue weighted by molar-refractivity contribution is 6.33. The second kappa shape index (κ2) is 7.40. The number of nitrogens with zero attached hydrogens (tertiary/aromatic N) is 3. The van der Waals surface area contributed by atoms with Gasteiger partial charge in [-0.25, -0.2) is 9.97 Å². The zero-order chi connectivity index (χ0) is 19.7. The zero-order valence-corrected chi connectivity index (χ0v) is 15.4. The summed E-state index contributed by atoms with van der Waals surface area (Å²) in [5.41, 5.74) is 1.88. The van der Waals surface area contributed by atoms with Gasteiger partial charge in [0.25, 0.3) is 11.6 Å². The molecule has 4 rings (SSSR count). The van der Waals surface area contributed by atoms with E-state index in [2.05, 4.69) is 20.6 Å². The van der Waals surface area contributed by atoms with Crippen molar-refractivity contribution >= 4 is 39.9 Å². The predicted octanol–water partition coefficient (Wildman–Crippen LogP) is 3.70. The third kappa shape index (κ3) is 3.86. The number of rotatable bonds is 6. The third-order valence-electron chi connectivity index (χ3n) is 4.49. The molecule has 1 fully saturated rings. The summed E-state index contributed by atoms with van der Waals surface area (Å²) >= 11 is 5.94. The van der Waals surface area contributed by atoms with E-state index in [9.17, 15) is 14.9 Å². The maximum atomic E-state index is 12.0. The maximum Gasteiger partial charge on any atom is 0.288 e. The number of nitrogens with one attached hydrogen (secondary N) is 2. The van der Waals surface area contributed by atoms with Crippen LogP contribution >= 0.6 is 11.6 Å². The van der Waals surface area contributed by atoms with Crippen molar-refractivity contribution in [2.24, 2.45) is 0 Å². The number of halogens is 1. The number of nitro benzene ring substituents is 1. The van der Waals surface area contributed by atoms with E-state index in [-0.39, 0.29) is 16.6 Å². The van der Waals surface area contributed by atoms with Gasteiger partial charge in [0.2, 0.25) is 0 Å². The Morgan fingerprint density at radius 1 is 1.21 bits per heavy atom. The minimum absolute atomic E-state index is 0.0298. The van der Waals surface area contributed by atoms with Crippen LogP contribution in [0.4, 0.5) is 11.5 Å². The van der Waals surface area contributed by atoms with E-state index in [0.717, 1.165) is 18.4 Å². The van der Waals surface area contributed by atoms with Crippen molar-refractivity contribution in [3.8, 4) is 0 Å². The van der Waals surface area contributed by atoms with Gasteiger partial charge in [-0.3, -0.25) is 14.9 Å². The molecule has 142 valence electrons. The number of anilines is 1. The zero-order valence-electron chi connectivity index (χ0n) is 14.7. The summed E-state index contributed by atoms with van der Waals surface area (Å²) in [6.45, 7) is 0.438. The first-order valence-electron chi connectivity index (χ1n) is 8.73. The SMILES string of the molecule is O=C(NC1CC1)c1ccc(CNc2ncnc3cc(Cl)c([N+](=O)[O-])cc23)cc1. The average molecular weight is 398 g/mol. The van der Waals surface area contributed by atoms with Crippen LogP contribution in [0, 0.1) is 10.1 Å². The van der Waals surface area contributed by atoms with Gasteiger partial charge in [-0.2, -0.15) is 0 Å². The molecule has 0 unspecified atom stereocenters. The van der Waals surface area contributed by atoms with Crippen LogP contribution in [0.1, 0.15) is 28.8 Å². The molecule has 0 radical (unpaired) electrons. The highest BCUT2D eigenvalue weighted by Crippen LogP contribution is 2.31. The Labute approximate surface area is 165 Å². The summed E-state index contributed by atoms with van der Waals surface area (Å²) in [6, 6.07) is 10.4. The topological polar surface area (TPSA) is 110 Å². The average Bonchev–Trinajstić information content (AvgIpc) is 3.49. The third-order valence-corrected chi connectivity index (χ3v) is 4.79. The van der Waals surface area contributed by atoms with Crippen LogP contribution in [0.15, 0.2) is 42.7 Å². The number of hydrogen-bond donors (Lipinski definition) is 2. The molecule has 1 aliphatic rings. The molecule has 1 amide bonds. The van der Waals surface area contributed by atoms with E-state index >= 15 is 0 Å². The molecule has 1 aromatic heterocycles. The molecule has 1 heterocycles. The van der Waals surface area contributed by atoms with Crippen molar-refractivity contribution in [2.45, 2.75) is 25.4 Å². The number of carbonyl (C=O) groups is 1. The van der Waals surface area contributed by atoms with E-state index in [4.69, 9.17) is 11.6 Å². The molecule has 2 N–H and O–H groups in total. The van der Waals surface area contributed by atoms with Gasteiger partial charge in [0.05, 0.1) is 10.4 Å². The lowest BCUT2D eigenvalue weighted by atomic mass is 10.1. The summed E-state index contributed by atoms with van der Waals surface area (Å²) in [7, 11) is 0. The fraction of sp³-hybridized carbons (Fsp3) is 0.211. The normalized spacial score (nSPS) is 13.3. The molecule has 2 aromatic carbocycles. The van der Waals surface area contributed by atoms with Gasteiger partial charge in [0, 0.05) is 29.6 Å². The molecule has 28 heavy (non-hydrogen) atoms. The van der Waals surface area contributed by atoms with E-state index in [0.29, 0.717) is 34.9 Å². The first-order chi connectivity index (χ1) is 13.5. The summed E-state index contributed by atoms with van der Waals surface area (Å²) in [5, 5.41) is 17.8. The summed E-state index contributed by atoms with van der Waals surface area (Å²) < 4.78 is 0. The lowest BCUT2D eigenvalue weighted by Gasteiger charge is -2.09. The smallest absolute Gasteiger partial charge is 0.288 e. The van der Waals surface area contributed by atoms with Crippen molar-refractivity contribution < 1.29 is 9.72 Å². The Bertz CT molecular complexity index is 1070. The van der Waals surface area contributed by atoms with Crippen molar-refractivity contribution in [2.75, 3.05) is 5.32 Å². The van der Waals surface area contributed by atoms with E-state index in [1.54, 1.807) is 12.1 Å². The Morgan fingerprint density at radius 3 is 2.64 bits per heavy atom. The van der Waals surface area contributed by atoms with Crippen molar-refractivity contribution in [1.29, 1.82) is 0 Å². The molecule has 1 aliphatic carbocycles. The number of fused-ring (bicyclic) bond motifs is 1. The molecular weight excluding hydrogens is 382 g/mol. The molecule has 0 saturated heterocycles. The molecule has 1 saturated carbocycles. The number of benzene rings is 2. The van der Waals surface area contributed by atoms with Gasteiger partial charge < -0.3 is 10.6 Å². The second-order valence-electron chi connectivity index (χ2n) is 6.60. The fourth-order valence-electron chi connectivity index (χ4n) is 2.80. The molecule has 3 aromatic rings. The van der Waals surface area contributed by atoms with Crippen LogP contribution in [0.3, 0.4) is 0 Å². The van der Waals surface area contributed by atoms with Crippen molar-refractivity contribution in [3.63, 3.8) is 0 Å².